The van der Waals surface area contributed by atoms with Crippen molar-refractivity contribution in [3.8, 4) is 0 Å². The second-order valence-corrected chi connectivity index (χ2v) is 10.2. The first-order valence-corrected chi connectivity index (χ1v) is 9.66. The van der Waals surface area contributed by atoms with Crippen LogP contribution in [0.1, 0.15) is 72.6 Å². The summed E-state index contributed by atoms with van der Waals surface area (Å²) in [6, 6.07) is 0. The molecule has 0 aromatic carbocycles. The number of rotatable bonds is 1. The molecule has 22 heavy (non-hydrogen) atoms. The monoisotopic (exact) mass is 304 g/mol. The summed E-state index contributed by atoms with van der Waals surface area (Å²) in [6.45, 7) is 9.75. The first-order valence-electron chi connectivity index (χ1n) is 9.66. The van der Waals surface area contributed by atoms with Gasteiger partial charge in [-0.2, -0.15) is 0 Å². The summed E-state index contributed by atoms with van der Waals surface area (Å²) in [5.41, 5.74) is 1.01. The van der Waals surface area contributed by atoms with Crippen LogP contribution in [0.2, 0.25) is 0 Å². The molecule has 0 aromatic rings. The van der Waals surface area contributed by atoms with Crippen molar-refractivity contribution in [2.24, 2.45) is 39.9 Å². The van der Waals surface area contributed by atoms with Gasteiger partial charge in [-0.05, 0) is 86.4 Å². The molecule has 2 nitrogen and oxygen atoms in total. The average molecular weight is 304 g/mol. The van der Waals surface area contributed by atoms with Crippen LogP contribution < -0.4 is 0 Å². The summed E-state index contributed by atoms with van der Waals surface area (Å²) in [7, 11) is 0. The van der Waals surface area contributed by atoms with Gasteiger partial charge in [-0.1, -0.05) is 20.8 Å². The van der Waals surface area contributed by atoms with E-state index in [1.165, 1.54) is 44.9 Å². The second-order valence-electron chi connectivity index (χ2n) is 10.2. The number of fused-ring (bicyclic) bond motifs is 3. The quantitative estimate of drug-likeness (QED) is 0.780. The lowest BCUT2D eigenvalue weighted by Crippen LogP contribution is -2.66. The molecule has 0 aromatic heterocycles. The van der Waals surface area contributed by atoms with Gasteiger partial charge in [0.15, 0.2) is 6.29 Å². The van der Waals surface area contributed by atoms with Crippen LogP contribution in [0.3, 0.4) is 0 Å². The van der Waals surface area contributed by atoms with Gasteiger partial charge in [0.05, 0.1) is 5.60 Å². The highest BCUT2D eigenvalue weighted by molar-refractivity contribution is 5.31. The Morgan fingerprint density at radius 2 is 1.73 bits per heavy atom. The SMILES string of the molecule is CC(C)[C@H]1CC[C@@H]2[C@]1(C)CC[C@]13CC[C@@](C)(O[C@H]1O)[C@H]1C[C@]213. The minimum absolute atomic E-state index is 0.0324. The van der Waals surface area contributed by atoms with Gasteiger partial charge >= 0.3 is 0 Å². The topological polar surface area (TPSA) is 29.5 Å². The van der Waals surface area contributed by atoms with Crippen LogP contribution in [0, 0.1) is 39.9 Å². The highest BCUT2D eigenvalue weighted by Gasteiger charge is 2.85. The van der Waals surface area contributed by atoms with Crippen LogP contribution in [0.4, 0.5) is 0 Å². The Hall–Kier alpha value is -0.0800. The fourth-order valence-electron chi connectivity index (χ4n) is 8.60. The molecule has 4 aliphatic carbocycles. The Labute approximate surface area is 135 Å². The molecule has 6 fully saturated rings. The fourth-order valence-corrected chi connectivity index (χ4v) is 8.60. The molecule has 2 heteroatoms. The van der Waals surface area contributed by atoms with Gasteiger partial charge in [0, 0.05) is 5.41 Å². The van der Waals surface area contributed by atoms with E-state index >= 15 is 0 Å². The van der Waals surface area contributed by atoms with Crippen molar-refractivity contribution >= 4 is 0 Å². The van der Waals surface area contributed by atoms with Crippen molar-refractivity contribution in [2.45, 2.75) is 84.5 Å². The van der Waals surface area contributed by atoms with E-state index in [1.54, 1.807) is 0 Å². The normalized spacial score (nSPS) is 65.2. The molecular formula is C20H32O2. The smallest absolute Gasteiger partial charge is 0.161 e. The zero-order valence-corrected chi connectivity index (χ0v) is 14.7. The van der Waals surface area contributed by atoms with Gasteiger partial charge < -0.3 is 9.84 Å². The Balaban J connectivity index is 1.62. The predicted molar refractivity (Wildman–Crippen MR) is 86.1 cm³/mol. The Morgan fingerprint density at radius 3 is 2.41 bits per heavy atom. The summed E-state index contributed by atoms with van der Waals surface area (Å²) in [5, 5.41) is 10.9. The van der Waals surface area contributed by atoms with Gasteiger partial charge in [-0.15, -0.1) is 0 Å². The van der Waals surface area contributed by atoms with E-state index < -0.39 is 6.29 Å². The highest BCUT2D eigenvalue weighted by Crippen LogP contribution is 2.87. The van der Waals surface area contributed by atoms with Gasteiger partial charge in [0.1, 0.15) is 0 Å². The predicted octanol–water partition coefficient (Wildman–Crippen LogP) is 4.36. The molecule has 0 unspecified atom stereocenters. The van der Waals surface area contributed by atoms with E-state index in [9.17, 15) is 5.11 Å². The van der Waals surface area contributed by atoms with Gasteiger partial charge in [-0.3, -0.25) is 0 Å². The molecule has 2 spiro atoms. The summed E-state index contributed by atoms with van der Waals surface area (Å²) in [6.07, 6.45) is 8.56. The van der Waals surface area contributed by atoms with Gasteiger partial charge in [-0.25, -0.2) is 0 Å². The molecular weight excluding hydrogens is 272 g/mol. The van der Waals surface area contributed by atoms with Crippen LogP contribution in [0.25, 0.3) is 0 Å². The molecule has 2 bridgehead atoms. The van der Waals surface area contributed by atoms with Crippen LogP contribution in [0.15, 0.2) is 0 Å². The zero-order valence-electron chi connectivity index (χ0n) is 14.7. The first kappa shape index (κ1) is 14.3. The van der Waals surface area contributed by atoms with Crippen LogP contribution in [-0.4, -0.2) is 17.0 Å². The van der Waals surface area contributed by atoms with Crippen molar-refractivity contribution in [2.75, 3.05) is 0 Å². The van der Waals surface area contributed by atoms with E-state index in [0.29, 0.717) is 10.8 Å². The average Bonchev–Trinajstić information content (AvgIpc) is 3.11. The summed E-state index contributed by atoms with van der Waals surface area (Å²) in [4.78, 5) is 0. The van der Waals surface area contributed by atoms with Crippen LogP contribution in [0.5, 0.6) is 0 Å². The third-order valence-corrected chi connectivity index (χ3v) is 9.53. The van der Waals surface area contributed by atoms with Gasteiger partial charge in [0.2, 0.25) is 0 Å². The van der Waals surface area contributed by atoms with Gasteiger partial charge in [0.25, 0.3) is 0 Å². The lowest BCUT2D eigenvalue weighted by atomic mass is 9.44. The molecule has 2 aliphatic heterocycles. The van der Waals surface area contributed by atoms with Crippen molar-refractivity contribution < 1.29 is 9.84 Å². The Bertz CT molecular complexity index is 530. The van der Waals surface area contributed by atoms with Crippen LogP contribution >= 0.6 is 0 Å². The molecule has 0 radical (unpaired) electrons. The minimum atomic E-state index is -0.493. The van der Waals surface area contributed by atoms with E-state index in [4.69, 9.17) is 4.74 Å². The molecule has 2 saturated heterocycles. The number of ether oxygens (including phenoxy) is 1. The summed E-state index contributed by atoms with van der Waals surface area (Å²) >= 11 is 0. The zero-order chi connectivity index (χ0) is 15.5. The number of hydrogen-bond acceptors (Lipinski definition) is 2. The Kier molecular flexibility index (Phi) is 2.45. The van der Waals surface area contributed by atoms with Crippen molar-refractivity contribution in [3.05, 3.63) is 0 Å². The Morgan fingerprint density at radius 1 is 1.00 bits per heavy atom. The number of aliphatic hydroxyl groups excluding tert-OH is 1. The maximum Gasteiger partial charge on any atom is 0.161 e. The van der Waals surface area contributed by atoms with E-state index in [-0.39, 0.29) is 11.0 Å². The molecule has 2 heterocycles. The lowest BCUT2D eigenvalue weighted by Gasteiger charge is -2.65. The highest BCUT2D eigenvalue weighted by atomic mass is 16.6. The van der Waals surface area contributed by atoms with E-state index in [2.05, 4.69) is 27.7 Å². The molecule has 124 valence electrons. The number of hydrogen-bond donors (Lipinski definition) is 1. The largest absolute Gasteiger partial charge is 0.367 e. The lowest BCUT2D eigenvalue weighted by molar-refractivity contribution is -0.348. The molecule has 6 aliphatic rings. The van der Waals surface area contributed by atoms with Crippen molar-refractivity contribution in [1.82, 2.24) is 0 Å². The third kappa shape index (κ3) is 1.24. The van der Waals surface area contributed by atoms with Crippen LogP contribution in [-0.2, 0) is 4.74 Å². The first-order chi connectivity index (χ1) is 10.3. The molecule has 8 atom stereocenters. The standard InChI is InChI=1S/C20H32O2/c1-12(2)13-5-6-14-17(13,3)7-9-19-10-8-18(4,22-16(19)21)15-11-20(14,15)19/h12-16,21H,5-11H2,1-4H3/t13-,14-,15-,16-,17-,18-,19+,20+/m1/s1. The molecule has 0 amide bonds. The molecule has 1 N–H and O–H groups in total. The minimum Gasteiger partial charge on any atom is -0.367 e. The second kappa shape index (κ2) is 3.77. The number of aliphatic hydroxyl groups is 1. The third-order valence-electron chi connectivity index (χ3n) is 9.53. The van der Waals surface area contributed by atoms with Crippen molar-refractivity contribution in [1.29, 1.82) is 0 Å². The molecule has 6 rings (SSSR count). The fraction of sp³-hybridized carbons (Fsp3) is 1.00. The summed E-state index contributed by atoms with van der Waals surface area (Å²) in [5.74, 6) is 3.25. The molecule has 4 saturated carbocycles. The van der Waals surface area contributed by atoms with E-state index in [1.807, 2.05) is 0 Å². The van der Waals surface area contributed by atoms with Crippen molar-refractivity contribution in [3.63, 3.8) is 0 Å². The van der Waals surface area contributed by atoms with E-state index in [0.717, 1.165) is 23.7 Å². The summed E-state index contributed by atoms with van der Waals surface area (Å²) < 4.78 is 6.19. The maximum atomic E-state index is 10.9. The maximum absolute atomic E-state index is 10.9.